The quantitative estimate of drug-likeness (QED) is 0.852. The Bertz CT molecular complexity index is 546. The zero-order valence-electron chi connectivity index (χ0n) is 13.5. The minimum Gasteiger partial charge on any atom is -0.487 e. The van der Waals surface area contributed by atoms with Crippen LogP contribution in [-0.4, -0.2) is 55.8 Å². The summed E-state index contributed by atoms with van der Waals surface area (Å²) in [6, 6.07) is 8.02. The Balaban J connectivity index is 1.98. The molecule has 0 aromatic heterocycles. The molecule has 2 atom stereocenters. The van der Waals surface area contributed by atoms with Crippen molar-refractivity contribution in [3.05, 3.63) is 24.3 Å². The number of anilines is 1. The number of hydrogen-bond acceptors (Lipinski definition) is 4. The van der Waals surface area contributed by atoms with E-state index in [0.29, 0.717) is 19.2 Å². The summed E-state index contributed by atoms with van der Waals surface area (Å²) in [5, 5.41) is 0. The summed E-state index contributed by atoms with van der Waals surface area (Å²) >= 11 is 0. The van der Waals surface area contributed by atoms with Crippen LogP contribution < -0.4 is 9.64 Å². The minimum atomic E-state index is -0.102. The molecule has 1 aromatic carbocycles. The molecule has 0 aliphatic carbocycles. The summed E-state index contributed by atoms with van der Waals surface area (Å²) in [6.07, 6.45) is 0.844. The zero-order chi connectivity index (χ0) is 15.7. The molecule has 120 valence electrons. The van der Waals surface area contributed by atoms with Gasteiger partial charge in [-0.05, 0) is 26.0 Å². The van der Waals surface area contributed by atoms with Gasteiger partial charge in [-0.3, -0.25) is 9.69 Å². The fourth-order valence-corrected chi connectivity index (χ4v) is 3.39. The van der Waals surface area contributed by atoms with Crippen LogP contribution >= 0.6 is 0 Å². The second-order valence-electron chi connectivity index (χ2n) is 6.23. The molecule has 5 heteroatoms. The Labute approximate surface area is 131 Å². The molecule has 5 nitrogen and oxygen atoms in total. The Morgan fingerprint density at radius 1 is 1.36 bits per heavy atom. The molecule has 2 heterocycles. The highest BCUT2D eigenvalue weighted by Crippen LogP contribution is 2.36. The third-order valence-electron chi connectivity index (χ3n) is 4.48. The van der Waals surface area contributed by atoms with Crippen LogP contribution in [0.25, 0.3) is 0 Å². The Hall–Kier alpha value is -1.59. The van der Waals surface area contributed by atoms with Crippen molar-refractivity contribution in [2.45, 2.75) is 38.5 Å². The molecule has 1 aromatic rings. The molecule has 3 rings (SSSR count). The normalized spacial score (nSPS) is 24.9. The summed E-state index contributed by atoms with van der Waals surface area (Å²) in [7, 11) is 1.66. The second kappa shape index (κ2) is 6.26. The highest BCUT2D eigenvalue weighted by molar-refractivity contribution is 5.99. The van der Waals surface area contributed by atoms with Crippen LogP contribution in [0.5, 0.6) is 5.75 Å². The Morgan fingerprint density at radius 2 is 2.14 bits per heavy atom. The summed E-state index contributed by atoms with van der Waals surface area (Å²) < 4.78 is 11.4. The van der Waals surface area contributed by atoms with E-state index in [0.717, 1.165) is 24.4 Å². The van der Waals surface area contributed by atoms with Crippen LogP contribution in [0.1, 0.15) is 20.3 Å². The molecule has 1 amide bonds. The number of amides is 1. The lowest BCUT2D eigenvalue weighted by Crippen LogP contribution is -2.49. The highest BCUT2D eigenvalue weighted by Gasteiger charge is 2.43. The number of rotatable bonds is 4. The molecule has 2 bridgehead atoms. The maximum Gasteiger partial charge on any atom is 0.244 e. The van der Waals surface area contributed by atoms with Gasteiger partial charge in [0.2, 0.25) is 5.91 Å². The monoisotopic (exact) mass is 304 g/mol. The minimum absolute atomic E-state index is 0.0853. The van der Waals surface area contributed by atoms with E-state index in [-0.39, 0.29) is 18.1 Å². The summed E-state index contributed by atoms with van der Waals surface area (Å²) in [5.74, 6) is 0.949. The molecule has 2 aliphatic heterocycles. The lowest BCUT2D eigenvalue weighted by Gasteiger charge is -2.32. The summed E-state index contributed by atoms with van der Waals surface area (Å²) in [4.78, 5) is 17.2. The van der Waals surface area contributed by atoms with E-state index in [2.05, 4.69) is 18.7 Å². The average molecular weight is 304 g/mol. The van der Waals surface area contributed by atoms with Crippen LogP contribution in [0, 0.1) is 0 Å². The Morgan fingerprint density at radius 3 is 2.86 bits per heavy atom. The van der Waals surface area contributed by atoms with Crippen LogP contribution in [0.3, 0.4) is 0 Å². The summed E-state index contributed by atoms with van der Waals surface area (Å²) in [5.41, 5.74) is 0.852. The zero-order valence-corrected chi connectivity index (χ0v) is 13.5. The molecular weight excluding hydrogens is 280 g/mol. The van der Waals surface area contributed by atoms with Crippen molar-refractivity contribution in [1.82, 2.24) is 4.90 Å². The van der Waals surface area contributed by atoms with Gasteiger partial charge in [-0.1, -0.05) is 12.1 Å². The van der Waals surface area contributed by atoms with Gasteiger partial charge in [0.05, 0.1) is 18.3 Å². The van der Waals surface area contributed by atoms with Crippen molar-refractivity contribution < 1.29 is 14.3 Å². The number of para-hydroxylation sites is 2. The predicted octanol–water partition coefficient (Wildman–Crippen LogP) is 1.91. The van der Waals surface area contributed by atoms with Gasteiger partial charge in [0.25, 0.3) is 0 Å². The van der Waals surface area contributed by atoms with Gasteiger partial charge < -0.3 is 14.4 Å². The standard InChI is InChI=1S/C17H24N2O3/c1-12(2)19-11-13-10-15(19)17(20)18(8-9-21-3)14-6-4-5-7-16(14)22-13/h4-7,12-13,15H,8-11H2,1-3H3. The molecule has 1 saturated heterocycles. The number of hydrogen-bond donors (Lipinski definition) is 0. The highest BCUT2D eigenvalue weighted by atomic mass is 16.5. The van der Waals surface area contributed by atoms with Gasteiger partial charge in [0.15, 0.2) is 0 Å². The average Bonchev–Trinajstić information content (AvgIpc) is 2.93. The lowest BCUT2D eigenvalue weighted by atomic mass is 10.1. The van der Waals surface area contributed by atoms with Gasteiger partial charge in [-0.25, -0.2) is 0 Å². The third kappa shape index (κ3) is 2.71. The Kier molecular flexibility index (Phi) is 4.36. The number of carbonyl (C=O) groups is 1. The van der Waals surface area contributed by atoms with Crippen molar-refractivity contribution in [2.75, 3.05) is 31.7 Å². The van der Waals surface area contributed by atoms with Crippen molar-refractivity contribution in [2.24, 2.45) is 0 Å². The number of carbonyl (C=O) groups excluding carboxylic acids is 1. The largest absolute Gasteiger partial charge is 0.487 e. The van der Waals surface area contributed by atoms with Gasteiger partial charge in [0, 0.05) is 32.7 Å². The third-order valence-corrected chi connectivity index (χ3v) is 4.48. The van der Waals surface area contributed by atoms with Crippen molar-refractivity contribution in [1.29, 1.82) is 0 Å². The maximum absolute atomic E-state index is 13.1. The van der Waals surface area contributed by atoms with E-state index < -0.39 is 0 Å². The topological polar surface area (TPSA) is 42.0 Å². The van der Waals surface area contributed by atoms with E-state index in [1.54, 1.807) is 7.11 Å². The van der Waals surface area contributed by atoms with Gasteiger partial charge >= 0.3 is 0 Å². The van der Waals surface area contributed by atoms with Gasteiger partial charge in [0.1, 0.15) is 11.9 Å². The van der Waals surface area contributed by atoms with Gasteiger partial charge in [-0.15, -0.1) is 0 Å². The molecule has 1 fully saturated rings. The fourth-order valence-electron chi connectivity index (χ4n) is 3.39. The molecule has 0 radical (unpaired) electrons. The van der Waals surface area contributed by atoms with Crippen molar-refractivity contribution >= 4 is 11.6 Å². The van der Waals surface area contributed by atoms with Crippen LogP contribution in [0.2, 0.25) is 0 Å². The molecule has 22 heavy (non-hydrogen) atoms. The molecular formula is C17H24N2O3. The van der Waals surface area contributed by atoms with E-state index in [1.807, 2.05) is 29.2 Å². The van der Waals surface area contributed by atoms with Crippen molar-refractivity contribution in [3.63, 3.8) is 0 Å². The van der Waals surface area contributed by atoms with Crippen LogP contribution in [0.4, 0.5) is 5.69 Å². The lowest BCUT2D eigenvalue weighted by molar-refractivity contribution is -0.123. The number of likely N-dealkylation sites (tertiary alicyclic amines) is 1. The number of methoxy groups -OCH3 is 1. The number of nitrogens with zero attached hydrogens (tertiary/aromatic N) is 2. The first-order valence-electron chi connectivity index (χ1n) is 7.93. The molecule has 0 spiro atoms. The predicted molar refractivity (Wildman–Crippen MR) is 85.3 cm³/mol. The SMILES string of the molecule is COCCN1C(=O)C2CC(CN2C(C)C)Oc2ccccc21. The van der Waals surface area contributed by atoms with Crippen LogP contribution in [-0.2, 0) is 9.53 Å². The smallest absolute Gasteiger partial charge is 0.244 e. The maximum atomic E-state index is 13.1. The summed E-state index contributed by atoms with van der Waals surface area (Å²) in [6.45, 7) is 6.13. The van der Waals surface area contributed by atoms with E-state index in [1.165, 1.54) is 0 Å². The molecule has 0 N–H and O–H groups in total. The molecule has 2 aliphatic rings. The van der Waals surface area contributed by atoms with Crippen LogP contribution in [0.15, 0.2) is 24.3 Å². The van der Waals surface area contributed by atoms with E-state index in [4.69, 9.17) is 9.47 Å². The molecule has 2 unspecified atom stereocenters. The number of ether oxygens (including phenoxy) is 2. The second-order valence-corrected chi connectivity index (χ2v) is 6.23. The molecule has 0 saturated carbocycles. The first-order valence-corrected chi connectivity index (χ1v) is 7.93. The van der Waals surface area contributed by atoms with E-state index >= 15 is 0 Å². The first kappa shape index (κ1) is 15.3. The fraction of sp³-hybridized carbons (Fsp3) is 0.588. The van der Waals surface area contributed by atoms with E-state index in [9.17, 15) is 4.79 Å². The van der Waals surface area contributed by atoms with Crippen molar-refractivity contribution in [3.8, 4) is 5.75 Å². The first-order chi connectivity index (χ1) is 10.6. The number of benzene rings is 1. The van der Waals surface area contributed by atoms with Gasteiger partial charge in [-0.2, -0.15) is 0 Å². The number of fused-ring (bicyclic) bond motifs is 3.